The van der Waals surface area contributed by atoms with E-state index in [1.54, 1.807) is 0 Å². The molecule has 15 rings (SSSR count). The zero-order valence-electron chi connectivity index (χ0n) is 42.8. The molecule has 0 aliphatic heterocycles. The molecule has 0 spiro atoms. The average Bonchev–Trinajstić information content (AvgIpc) is 4.32. The lowest BCUT2D eigenvalue weighted by molar-refractivity contribution is 0.650. The summed E-state index contributed by atoms with van der Waals surface area (Å²) in [6, 6.07) is 87.7. The first-order chi connectivity index (χ1) is 37.3. The predicted octanol–water partition coefficient (Wildman–Crippen LogP) is 20.4. The van der Waals surface area contributed by atoms with E-state index in [-0.39, 0.29) is 0 Å². The minimum absolute atomic E-state index is 0.405. The molecule has 4 heteroatoms. The van der Waals surface area contributed by atoms with Crippen molar-refractivity contribution in [2.24, 2.45) is 0 Å². The van der Waals surface area contributed by atoms with Crippen molar-refractivity contribution in [3.05, 3.63) is 265 Å². The summed E-state index contributed by atoms with van der Waals surface area (Å²) < 4.78 is 14.4. The third-order valence-corrected chi connectivity index (χ3v) is 16.6. The second kappa shape index (κ2) is 16.6. The van der Waals surface area contributed by atoms with Gasteiger partial charge in [-0.15, -0.1) is 0 Å². The van der Waals surface area contributed by atoms with Gasteiger partial charge in [0.2, 0.25) is 0 Å². The van der Waals surface area contributed by atoms with Gasteiger partial charge in [-0.3, -0.25) is 0 Å². The van der Waals surface area contributed by atoms with Gasteiger partial charge in [0.25, 0.3) is 0 Å². The van der Waals surface area contributed by atoms with E-state index in [1.165, 1.54) is 44.5 Å². The van der Waals surface area contributed by atoms with Crippen LogP contribution in [0.2, 0.25) is 0 Å². The number of hydrogen-bond donors (Lipinski definition) is 0. The third kappa shape index (κ3) is 6.37. The van der Waals surface area contributed by atoms with Crippen LogP contribution in [-0.2, 0) is 10.8 Å². The van der Waals surface area contributed by atoms with Gasteiger partial charge in [0.1, 0.15) is 11.2 Å². The fraction of sp³-hybridized carbons (Fsp3) is 0.0833. The molecule has 11 aromatic carbocycles. The van der Waals surface area contributed by atoms with Gasteiger partial charge in [-0.1, -0.05) is 198 Å². The summed E-state index contributed by atoms with van der Waals surface area (Å²) in [6.45, 7) is 9.67. The Morgan fingerprint density at radius 2 is 0.645 bits per heavy atom. The molecule has 0 saturated heterocycles. The van der Waals surface area contributed by atoms with Gasteiger partial charge in [0.15, 0.2) is 11.2 Å². The van der Waals surface area contributed by atoms with Crippen molar-refractivity contribution >= 4 is 78.0 Å². The van der Waals surface area contributed by atoms with Crippen molar-refractivity contribution in [3.63, 3.8) is 0 Å². The van der Waals surface area contributed by atoms with Crippen LogP contribution in [0.15, 0.2) is 251 Å². The SMILES string of the molecule is CC1(C)c2cc3c(cc2-c2c1cc(N(c1ccccc1)c1ccccc1-c1ccccc1)c1oc4ccccc4c21)C(C)(C)c1cc(N(c2ccccc2)c2ccccc2-c2ccccc2)c2oc4ccccc4c2c1-3. The van der Waals surface area contributed by atoms with Crippen LogP contribution < -0.4 is 9.80 Å². The van der Waals surface area contributed by atoms with Crippen LogP contribution in [-0.4, -0.2) is 0 Å². The van der Waals surface area contributed by atoms with Crippen molar-refractivity contribution in [1.29, 1.82) is 0 Å². The Balaban J connectivity index is 0.991. The van der Waals surface area contributed by atoms with E-state index in [0.29, 0.717) is 0 Å². The maximum absolute atomic E-state index is 7.21. The van der Waals surface area contributed by atoms with Gasteiger partial charge < -0.3 is 18.6 Å². The maximum Gasteiger partial charge on any atom is 0.160 e. The Morgan fingerprint density at radius 3 is 1.05 bits per heavy atom. The molecule has 0 N–H and O–H groups in total. The molecule has 2 aliphatic rings. The Bertz CT molecular complexity index is 4160. The number of hydrogen-bond acceptors (Lipinski definition) is 4. The molecule has 0 atom stereocenters. The molecule has 362 valence electrons. The summed E-state index contributed by atoms with van der Waals surface area (Å²) in [5.74, 6) is 0. The topological polar surface area (TPSA) is 32.8 Å². The highest BCUT2D eigenvalue weighted by atomic mass is 16.3. The molecule has 0 amide bonds. The van der Waals surface area contributed by atoms with Crippen molar-refractivity contribution in [1.82, 2.24) is 0 Å². The number of fused-ring (bicyclic) bond motifs is 14. The molecule has 2 heterocycles. The fourth-order valence-corrected chi connectivity index (χ4v) is 13.0. The maximum atomic E-state index is 7.21. The molecular weight excluding hydrogens is 925 g/mol. The molecular formula is C72H52N2O2. The van der Waals surface area contributed by atoms with Crippen LogP contribution in [0.1, 0.15) is 49.9 Å². The normalized spacial score (nSPS) is 13.7. The fourth-order valence-electron chi connectivity index (χ4n) is 13.0. The monoisotopic (exact) mass is 976 g/mol. The predicted molar refractivity (Wildman–Crippen MR) is 316 cm³/mol. The van der Waals surface area contributed by atoms with Gasteiger partial charge in [0, 0.05) is 54.9 Å². The van der Waals surface area contributed by atoms with E-state index in [9.17, 15) is 0 Å². The molecule has 13 aromatic rings. The van der Waals surface area contributed by atoms with Crippen LogP contribution in [0.5, 0.6) is 0 Å². The highest BCUT2D eigenvalue weighted by Crippen LogP contribution is 2.62. The van der Waals surface area contributed by atoms with Gasteiger partial charge in [-0.2, -0.15) is 0 Å². The van der Waals surface area contributed by atoms with Crippen LogP contribution in [0, 0.1) is 0 Å². The van der Waals surface area contributed by atoms with E-state index in [4.69, 9.17) is 8.83 Å². The molecule has 0 fully saturated rings. The largest absolute Gasteiger partial charge is 0.454 e. The van der Waals surface area contributed by atoms with Crippen molar-refractivity contribution in [2.45, 2.75) is 38.5 Å². The molecule has 76 heavy (non-hydrogen) atoms. The van der Waals surface area contributed by atoms with E-state index < -0.39 is 10.8 Å². The molecule has 0 saturated carbocycles. The number of para-hydroxylation sites is 6. The Morgan fingerprint density at radius 1 is 0.303 bits per heavy atom. The number of rotatable bonds is 8. The van der Waals surface area contributed by atoms with Crippen LogP contribution in [0.3, 0.4) is 0 Å². The van der Waals surface area contributed by atoms with E-state index in [1.807, 2.05) is 0 Å². The summed E-state index contributed by atoms with van der Waals surface area (Å²) in [5.41, 5.74) is 23.7. The summed E-state index contributed by atoms with van der Waals surface area (Å²) >= 11 is 0. The molecule has 4 nitrogen and oxygen atoms in total. The van der Waals surface area contributed by atoms with Crippen molar-refractivity contribution < 1.29 is 8.83 Å². The third-order valence-electron chi connectivity index (χ3n) is 16.6. The Hall–Kier alpha value is -9.38. The van der Waals surface area contributed by atoms with Crippen molar-refractivity contribution in [2.75, 3.05) is 9.80 Å². The van der Waals surface area contributed by atoms with E-state index in [2.05, 4.69) is 280 Å². The highest BCUT2D eigenvalue weighted by molar-refractivity contribution is 6.22. The molecule has 0 bridgehead atoms. The first-order valence-electron chi connectivity index (χ1n) is 26.4. The summed E-state index contributed by atoms with van der Waals surface area (Å²) in [5, 5.41) is 4.50. The number of benzene rings is 11. The van der Waals surface area contributed by atoms with Crippen LogP contribution in [0.4, 0.5) is 34.1 Å². The Labute approximate surface area is 442 Å². The van der Waals surface area contributed by atoms with Gasteiger partial charge >= 0.3 is 0 Å². The highest BCUT2D eigenvalue weighted by Gasteiger charge is 2.45. The van der Waals surface area contributed by atoms with Crippen LogP contribution in [0.25, 0.3) is 88.4 Å². The van der Waals surface area contributed by atoms with Gasteiger partial charge in [0.05, 0.1) is 22.7 Å². The summed E-state index contributed by atoms with van der Waals surface area (Å²) in [4.78, 5) is 4.84. The number of nitrogens with zero attached hydrogens (tertiary/aromatic N) is 2. The van der Waals surface area contributed by atoms with Crippen molar-refractivity contribution in [3.8, 4) is 44.5 Å². The minimum Gasteiger partial charge on any atom is -0.454 e. The standard InChI is InChI=1S/C72H52N2O2/c1-71(2)55-41-54-56(42-53(55)65-57(71)43-61(69-67(65)51-35-19-23-39-63(51)75-69)73(47-29-13-7-14-30-47)59-37-21-17-33-49(59)45-25-9-5-10-26-45)72(3,4)58-44-62(70-68(66(54)58)52-36-20-24-40-64(52)76-70)74(48-31-15-8-16-32-48)60-38-22-18-34-50(60)46-27-11-6-12-28-46/h5-44H,1-4H3. The minimum atomic E-state index is -0.405. The first-order valence-corrected chi connectivity index (χ1v) is 26.4. The zero-order chi connectivity index (χ0) is 50.9. The summed E-state index contributed by atoms with van der Waals surface area (Å²) in [6.07, 6.45) is 0. The van der Waals surface area contributed by atoms with E-state index >= 15 is 0 Å². The van der Waals surface area contributed by atoms with Gasteiger partial charge in [-0.05, 0) is 128 Å². The second-order valence-electron chi connectivity index (χ2n) is 21.5. The molecule has 0 radical (unpaired) electrons. The quantitative estimate of drug-likeness (QED) is 0.152. The summed E-state index contributed by atoms with van der Waals surface area (Å²) in [7, 11) is 0. The number of anilines is 6. The zero-order valence-corrected chi connectivity index (χ0v) is 42.8. The molecule has 2 aromatic heterocycles. The Kier molecular flexibility index (Phi) is 9.62. The molecule has 0 unspecified atom stereocenters. The lowest BCUT2D eigenvalue weighted by atomic mass is 9.79. The average molecular weight is 977 g/mol. The first kappa shape index (κ1) is 44.1. The van der Waals surface area contributed by atoms with Gasteiger partial charge in [-0.25, -0.2) is 0 Å². The lowest BCUT2D eigenvalue weighted by Gasteiger charge is -2.30. The molecule has 2 aliphatic carbocycles. The smallest absolute Gasteiger partial charge is 0.160 e. The van der Waals surface area contributed by atoms with E-state index in [0.717, 1.165) is 100 Å². The van der Waals surface area contributed by atoms with Crippen LogP contribution >= 0.6 is 0 Å². The lowest BCUT2D eigenvalue weighted by Crippen LogP contribution is -2.18. The second-order valence-corrected chi connectivity index (χ2v) is 21.5. The number of furan rings is 2.